The van der Waals surface area contributed by atoms with E-state index in [1.807, 2.05) is 18.2 Å². The standard InChI is InChI=1S/C12H12BrIN2O4/c13-9-2-1-7(14)5-8(9)10-6-15(11(17)18)3-4-16(10)12(19)20/h1-2,5,10H,3-4,6H2,(H,17,18)(H,19,20). The molecule has 8 heteroatoms. The number of benzene rings is 1. The van der Waals surface area contributed by atoms with E-state index in [4.69, 9.17) is 5.11 Å². The Kier molecular flexibility index (Phi) is 4.74. The number of halogens is 2. The van der Waals surface area contributed by atoms with Gasteiger partial charge >= 0.3 is 12.2 Å². The molecule has 0 aromatic heterocycles. The fourth-order valence-corrected chi connectivity index (χ4v) is 3.25. The summed E-state index contributed by atoms with van der Waals surface area (Å²) >= 11 is 5.56. The zero-order valence-electron chi connectivity index (χ0n) is 10.3. The maximum atomic E-state index is 11.4. The van der Waals surface area contributed by atoms with Crippen LogP contribution in [-0.2, 0) is 0 Å². The minimum absolute atomic E-state index is 0.139. The third-order valence-electron chi connectivity index (χ3n) is 3.21. The number of hydrogen-bond acceptors (Lipinski definition) is 2. The lowest BCUT2D eigenvalue weighted by Crippen LogP contribution is -2.51. The van der Waals surface area contributed by atoms with Crippen LogP contribution in [0.25, 0.3) is 0 Å². The number of carboxylic acid groups (broad SMARTS) is 2. The first-order valence-corrected chi connectivity index (χ1v) is 7.69. The minimum atomic E-state index is -1.04. The average molecular weight is 455 g/mol. The normalized spacial score (nSPS) is 19.0. The molecule has 108 valence electrons. The molecule has 20 heavy (non-hydrogen) atoms. The van der Waals surface area contributed by atoms with Crippen molar-refractivity contribution in [2.45, 2.75) is 6.04 Å². The van der Waals surface area contributed by atoms with Gasteiger partial charge in [-0.25, -0.2) is 9.59 Å². The van der Waals surface area contributed by atoms with Crippen LogP contribution in [0, 0.1) is 3.57 Å². The van der Waals surface area contributed by atoms with Crippen LogP contribution in [0.4, 0.5) is 9.59 Å². The molecule has 1 aliphatic rings. The Morgan fingerprint density at radius 2 is 1.95 bits per heavy atom. The molecule has 0 aliphatic carbocycles. The van der Waals surface area contributed by atoms with Crippen LogP contribution in [0.1, 0.15) is 11.6 Å². The zero-order chi connectivity index (χ0) is 14.9. The van der Waals surface area contributed by atoms with Crippen molar-refractivity contribution in [2.24, 2.45) is 0 Å². The Hall–Kier alpha value is -1.03. The molecule has 2 amide bonds. The smallest absolute Gasteiger partial charge is 0.407 e. The second kappa shape index (κ2) is 6.17. The van der Waals surface area contributed by atoms with Crippen molar-refractivity contribution in [2.75, 3.05) is 19.6 Å². The van der Waals surface area contributed by atoms with Crippen LogP contribution < -0.4 is 0 Å². The van der Waals surface area contributed by atoms with Gasteiger partial charge < -0.3 is 15.1 Å². The molecule has 1 fully saturated rings. The number of carbonyl (C=O) groups is 2. The van der Waals surface area contributed by atoms with Crippen LogP contribution in [0.5, 0.6) is 0 Å². The Labute approximate surface area is 137 Å². The van der Waals surface area contributed by atoms with E-state index in [2.05, 4.69) is 38.5 Å². The highest BCUT2D eigenvalue weighted by Gasteiger charge is 2.34. The van der Waals surface area contributed by atoms with Crippen molar-refractivity contribution in [3.05, 3.63) is 31.8 Å². The molecule has 0 saturated carbocycles. The highest BCUT2D eigenvalue weighted by Crippen LogP contribution is 2.32. The second-order valence-electron chi connectivity index (χ2n) is 4.39. The van der Waals surface area contributed by atoms with Gasteiger partial charge in [0, 0.05) is 27.7 Å². The molecule has 6 nitrogen and oxygen atoms in total. The van der Waals surface area contributed by atoms with Crippen molar-refractivity contribution >= 4 is 50.7 Å². The first kappa shape index (κ1) is 15.4. The molecule has 2 rings (SSSR count). The third kappa shape index (κ3) is 3.17. The maximum Gasteiger partial charge on any atom is 0.407 e. The van der Waals surface area contributed by atoms with E-state index >= 15 is 0 Å². The largest absolute Gasteiger partial charge is 0.465 e. The zero-order valence-corrected chi connectivity index (χ0v) is 14.0. The highest BCUT2D eigenvalue weighted by molar-refractivity contribution is 14.1. The first-order valence-electron chi connectivity index (χ1n) is 5.82. The lowest BCUT2D eigenvalue weighted by Gasteiger charge is -2.39. The number of rotatable bonds is 1. The molecule has 0 radical (unpaired) electrons. The Balaban J connectivity index is 2.38. The number of nitrogens with zero attached hydrogens (tertiary/aromatic N) is 2. The van der Waals surface area contributed by atoms with E-state index in [1.165, 1.54) is 9.80 Å². The summed E-state index contributed by atoms with van der Waals surface area (Å²) in [5.41, 5.74) is 0.783. The van der Waals surface area contributed by atoms with Gasteiger partial charge in [0.05, 0.1) is 6.04 Å². The monoisotopic (exact) mass is 454 g/mol. The van der Waals surface area contributed by atoms with Gasteiger partial charge in [-0.3, -0.25) is 4.90 Å². The molecule has 1 atom stereocenters. The van der Waals surface area contributed by atoms with E-state index in [-0.39, 0.29) is 19.6 Å². The quantitative estimate of drug-likeness (QED) is 0.639. The average Bonchev–Trinajstić information content (AvgIpc) is 2.40. The van der Waals surface area contributed by atoms with Crippen LogP contribution in [0.3, 0.4) is 0 Å². The van der Waals surface area contributed by atoms with Crippen LogP contribution in [0.2, 0.25) is 0 Å². The maximum absolute atomic E-state index is 11.4. The molecule has 1 aromatic rings. The summed E-state index contributed by atoms with van der Waals surface area (Å²) in [6.45, 7) is 0.504. The predicted octanol–water partition coefficient (Wildman–Crippen LogP) is 3.07. The van der Waals surface area contributed by atoms with Gasteiger partial charge in [-0.15, -0.1) is 0 Å². The van der Waals surface area contributed by atoms with E-state index in [1.54, 1.807) is 0 Å². The lowest BCUT2D eigenvalue weighted by atomic mass is 10.0. The molecule has 0 bridgehead atoms. The summed E-state index contributed by atoms with van der Waals surface area (Å²) in [5, 5.41) is 18.4. The van der Waals surface area contributed by atoms with E-state index in [0.717, 1.165) is 13.6 Å². The second-order valence-corrected chi connectivity index (χ2v) is 6.49. The third-order valence-corrected chi connectivity index (χ3v) is 4.61. The molecule has 1 saturated heterocycles. The summed E-state index contributed by atoms with van der Waals surface area (Å²) in [5.74, 6) is 0. The van der Waals surface area contributed by atoms with Crippen molar-refractivity contribution in [3.63, 3.8) is 0 Å². The van der Waals surface area contributed by atoms with Crippen molar-refractivity contribution in [1.82, 2.24) is 9.80 Å². The Morgan fingerprint density at radius 3 is 2.55 bits per heavy atom. The fourth-order valence-electron chi connectivity index (χ4n) is 2.22. The Bertz CT molecular complexity index is 554. The first-order chi connectivity index (χ1) is 9.40. The summed E-state index contributed by atoms with van der Waals surface area (Å²) in [6.07, 6.45) is -2.06. The van der Waals surface area contributed by atoms with Gasteiger partial charge in [-0.05, 0) is 46.4 Å². The predicted molar refractivity (Wildman–Crippen MR) is 83.9 cm³/mol. The SMILES string of the molecule is O=C(O)N1CCN(C(=O)O)C(c2cc(I)ccc2Br)C1. The molecular formula is C12H12BrIN2O4. The van der Waals surface area contributed by atoms with Gasteiger partial charge in [0.1, 0.15) is 0 Å². The van der Waals surface area contributed by atoms with Crippen molar-refractivity contribution in [3.8, 4) is 0 Å². The lowest BCUT2D eigenvalue weighted by molar-refractivity contribution is 0.0633. The molecule has 2 N–H and O–H groups in total. The number of hydrogen-bond donors (Lipinski definition) is 2. The van der Waals surface area contributed by atoms with Gasteiger partial charge in [0.25, 0.3) is 0 Å². The summed E-state index contributed by atoms with van der Waals surface area (Å²) in [6, 6.07) is 5.12. The van der Waals surface area contributed by atoms with E-state index < -0.39 is 18.2 Å². The molecule has 1 heterocycles. The molecule has 1 aliphatic heterocycles. The summed E-state index contributed by atoms with van der Waals surface area (Å²) < 4.78 is 1.75. The van der Waals surface area contributed by atoms with Crippen LogP contribution in [0.15, 0.2) is 22.7 Å². The summed E-state index contributed by atoms with van der Waals surface area (Å²) in [4.78, 5) is 25.0. The van der Waals surface area contributed by atoms with E-state index in [9.17, 15) is 14.7 Å². The van der Waals surface area contributed by atoms with Crippen LogP contribution >= 0.6 is 38.5 Å². The van der Waals surface area contributed by atoms with Gasteiger partial charge in [0.2, 0.25) is 0 Å². The number of piperazine rings is 1. The van der Waals surface area contributed by atoms with E-state index in [0.29, 0.717) is 0 Å². The van der Waals surface area contributed by atoms with Crippen LogP contribution in [-0.4, -0.2) is 51.8 Å². The number of amides is 2. The minimum Gasteiger partial charge on any atom is -0.465 e. The van der Waals surface area contributed by atoms with Crippen molar-refractivity contribution in [1.29, 1.82) is 0 Å². The molecule has 0 spiro atoms. The molecule has 1 unspecified atom stereocenters. The topological polar surface area (TPSA) is 81.1 Å². The van der Waals surface area contributed by atoms with Gasteiger partial charge in [0.15, 0.2) is 0 Å². The van der Waals surface area contributed by atoms with Gasteiger partial charge in [-0.2, -0.15) is 0 Å². The van der Waals surface area contributed by atoms with Gasteiger partial charge in [-0.1, -0.05) is 15.9 Å². The molecule has 1 aromatic carbocycles. The Morgan fingerprint density at radius 1 is 1.25 bits per heavy atom. The molecular weight excluding hydrogens is 443 g/mol. The van der Waals surface area contributed by atoms with Crippen molar-refractivity contribution < 1.29 is 19.8 Å². The fraction of sp³-hybridized carbons (Fsp3) is 0.333. The summed E-state index contributed by atoms with van der Waals surface area (Å²) in [7, 11) is 0. The highest BCUT2D eigenvalue weighted by atomic mass is 127.